The molecule has 0 aliphatic rings. The third-order valence-corrected chi connectivity index (χ3v) is 3.51. The molecular formula is C16H15N3O2. The minimum Gasteiger partial charge on any atom is -0.465 e. The van der Waals surface area contributed by atoms with Gasteiger partial charge >= 0.3 is 5.97 Å². The molecule has 5 heteroatoms. The SMILES string of the molecule is COC(=O)c1cc(-n2cnc3ccccc32)cc(C)c1N. The van der Waals surface area contributed by atoms with Crippen molar-refractivity contribution in [1.29, 1.82) is 0 Å². The van der Waals surface area contributed by atoms with Crippen LogP contribution in [-0.2, 0) is 4.74 Å². The maximum absolute atomic E-state index is 11.8. The summed E-state index contributed by atoms with van der Waals surface area (Å²) in [4.78, 5) is 16.2. The zero-order chi connectivity index (χ0) is 15.0. The number of anilines is 1. The van der Waals surface area contributed by atoms with Crippen LogP contribution in [0.25, 0.3) is 16.7 Å². The maximum atomic E-state index is 11.8. The van der Waals surface area contributed by atoms with Crippen LogP contribution in [0.15, 0.2) is 42.7 Å². The number of carbonyl (C=O) groups excluding carboxylic acids is 1. The van der Waals surface area contributed by atoms with Crippen molar-refractivity contribution in [3.63, 3.8) is 0 Å². The van der Waals surface area contributed by atoms with E-state index in [1.807, 2.05) is 41.8 Å². The molecular weight excluding hydrogens is 266 g/mol. The van der Waals surface area contributed by atoms with E-state index in [0.29, 0.717) is 11.3 Å². The molecule has 0 atom stereocenters. The number of aromatic nitrogens is 2. The number of hydrogen-bond acceptors (Lipinski definition) is 4. The second-order valence-electron chi connectivity index (χ2n) is 4.82. The lowest BCUT2D eigenvalue weighted by molar-refractivity contribution is 0.0602. The van der Waals surface area contributed by atoms with E-state index >= 15 is 0 Å². The van der Waals surface area contributed by atoms with Crippen molar-refractivity contribution < 1.29 is 9.53 Å². The summed E-state index contributed by atoms with van der Waals surface area (Å²) >= 11 is 0. The molecule has 106 valence electrons. The number of carbonyl (C=O) groups is 1. The minimum absolute atomic E-state index is 0.366. The van der Waals surface area contributed by atoms with Crippen molar-refractivity contribution in [2.24, 2.45) is 0 Å². The molecule has 0 fully saturated rings. The van der Waals surface area contributed by atoms with Crippen molar-refractivity contribution in [2.45, 2.75) is 6.92 Å². The Morgan fingerprint density at radius 3 is 2.81 bits per heavy atom. The summed E-state index contributed by atoms with van der Waals surface area (Å²) in [6.07, 6.45) is 1.73. The Kier molecular flexibility index (Phi) is 3.10. The first-order chi connectivity index (χ1) is 10.1. The Bertz CT molecular complexity index is 837. The minimum atomic E-state index is -0.443. The highest BCUT2D eigenvalue weighted by atomic mass is 16.5. The van der Waals surface area contributed by atoms with Crippen molar-refractivity contribution in [1.82, 2.24) is 9.55 Å². The topological polar surface area (TPSA) is 70.1 Å². The number of nitrogens with two attached hydrogens (primary N) is 1. The average Bonchev–Trinajstić information content (AvgIpc) is 2.93. The highest BCUT2D eigenvalue weighted by molar-refractivity contribution is 5.96. The molecule has 0 radical (unpaired) electrons. The molecule has 21 heavy (non-hydrogen) atoms. The number of nitrogen functional groups attached to an aromatic ring is 1. The summed E-state index contributed by atoms with van der Waals surface area (Å²) in [5.74, 6) is -0.443. The fourth-order valence-corrected chi connectivity index (χ4v) is 2.36. The van der Waals surface area contributed by atoms with Crippen LogP contribution in [0.5, 0.6) is 0 Å². The molecule has 5 nitrogen and oxygen atoms in total. The molecule has 2 N–H and O–H groups in total. The van der Waals surface area contributed by atoms with Gasteiger partial charge in [-0.1, -0.05) is 12.1 Å². The van der Waals surface area contributed by atoms with Gasteiger partial charge < -0.3 is 10.5 Å². The van der Waals surface area contributed by atoms with E-state index in [1.165, 1.54) is 7.11 Å². The molecule has 0 saturated carbocycles. The number of methoxy groups -OCH3 is 1. The lowest BCUT2D eigenvalue weighted by Crippen LogP contribution is -2.08. The number of nitrogens with zero attached hydrogens (tertiary/aromatic N) is 2. The summed E-state index contributed by atoms with van der Waals surface area (Å²) in [6.45, 7) is 1.87. The first-order valence-corrected chi connectivity index (χ1v) is 6.52. The maximum Gasteiger partial charge on any atom is 0.340 e. The van der Waals surface area contributed by atoms with E-state index in [9.17, 15) is 4.79 Å². The summed E-state index contributed by atoms with van der Waals surface area (Å²) in [5, 5.41) is 0. The highest BCUT2D eigenvalue weighted by Crippen LogP contribution is 2.25. The Morgan fingerprint density at radius 1 is 1.29 bits per heavy atom. The van der Waals surface area contributed by atoms with Crippen molar-refractivity contribution in [2.75, 3.05) is 12.8 Å². The molecule has 0 bridgehead atoms. The standard InChI is InChI=1S/C16H15N3O2/c1-10-7-11(8-12(15(10)17)16(20)21-2)19-9-18-13-5-3-4-6-14(13)19/h3-9H,17H2,1-2H3. The van der Waals surface area contributed by atoms with E-state index in [-0.39, 0.29) is 0 Å². The Balaban J connectivity index is 2.23. The molecule has 0 aliphatic carbocycles. The van der Waals surface area contributed by atoms with Gasteiger partial charge in [0, 0.05) is 11.4 Å². The second kappa shape index (κ2) is 4.94. The number of imidazole rings is 1. The lowest BCUT2D eigenvalue weighted by Gasteiger charge is -2.11. The number of aryl methyl sites for hydroxylation is 1. The normalized spacial score (nSPS) is 10.8. The van der Waals surface area contributed by atoms with Gasteiger partial charge in [-0.05, 0) is 36.8 Å². The molecule has 3 aromatic rings. The zero-order valence-electron chi connectivity index (χ0n) is 11.8. The van der Waals surface area contributed by atoms with Gasteiger partial charge in [0.05, 0.1) is 23.7 Å². The van der Waals surface area contributed by atoms with Crippen LogP contribution in [0.2, 0.25) is 0 Å². The fourth-order valence-electron chi connectivity index (χ4n) is 2.36. The first-order valence-electron chi connectivity index (χ1n) is 6.52. The quantitative estimate of drug-likeness (QED) is 0.579. The summed E-state index contributed by atoms with van der Waals surface area (Å²) in [7, 11) is 1.34. The molecule has 1 aromatic heterocycles. The van der Waals surface area contributed by atoms with Crippen LogP contribution in [0.4, 0.5) is 5.69 Å². The van der Waals surface area contributed by atoms with Gasteiger partial charge in [0.25, 0.3) is 0 Å². The van der Waals surface area contributed by atoms with Crippen LogP contribution < -0.4 is 5.73 Å². The number of ether oxygens (including phenoxy) is 1. The van der Waals surface area contributed by atoms with E-state index in [1.54, 1.807) is 12.4 Å². The van der Waals surface area contributed by atoms with Gasteiger partial charge in [0.15, 0.2) is 0 Å². The van der Waals surface area contributed by atoms with Gasteiger partial charge in [-0.15, -0.1) is 0 Å². The number of rotatable bonds is 2. The summed E-state index contributed by atoms with van der Waals surface area (Å²) in [6, 6.07) is 11.5. The lowest BCUT2D eigenvalue weighted by atomic mass is 10.1. The highest BCUT2D eigenvalue weighted by Gasteiger charge is 2.15. The predicted octanol–water partition coefficient (Wildman–Crippen LogP) is 2.70. The molecule has 3 rings (SSSR count). The first kappa shape index (κ1) is 13.2. The van der Waals surface area contributed by atoms with Crippen LogP contribution in [-0.4, -0.2) is 22.6 Å². The third-order valence-electron chi connectivity index (χ3n) is 3.51. The molecule has 2 aromatic carbocycles. The van der Waals surface area contributed by atoms with E-state index in [4.69, 9.17) is 10.5 Å². The van der Waals surface area contributed by atoms with Gasteiger partial charge in [0.2, 0.25) is 0 Å². The largest absolute Gasteiger partial charge is 0.465 e. The Hall–Kier alpha value is -2.82. The molecule has 0 amide bonds. The van der Waals surface area contributed by atoms with E-state index < -0.39 is 5.97 Å². The van der Waals surface area contributed by atoms with Gasteiger partial charge in [0.1, 0.15) is 6.33 Å². The van der Waals surface area contributed by atoms with Crippen LogP contribution in [0.1, 0.15) is 15.9 Å². The average molecular weight is 281 g/mol. The van der Waals surface area contributed by atoms with Crippen LogP contribution in [0, 0.1) is 6.92 Å². The monoisotopic (exact) mass is 281 g/mol. The van der Waals surface area contributed by atoms with Gasteiger partial charge in [-0.3, -0.25) is 4.57 Å². The Morgan fingerprint density at radius 2 is 2.05 bits per heavy atom. The van der Waals surface area contributed by atoms with Gasteiger partial charge in [-0.2, -0.15) is 0 Å². The number of para-hydroxylation sites is 2. The van der Waals surface area contributed by atoms with Crippen molar-refractivity contribution in [3.05, 3.63) is 53.9 Å². The molecule has 0 saturated heterocycles. The summed E-state index contributed by atoms with van der Waals surface area (Å²) < 4.78 is 6.71. The molecule has 0 aliphatic heterocycles. The van der Waals surface area contributed by atoms with Crippen LogP contribution in [0.3, 0.4) is 0 Å². The number of fused-ring (bicyclic) bond motifs is 1. The third kappa shape index (κ3) is 2.12. The Labute approximate surface area is 122 Å². The van der Waals surface area contributed by atoms with E-state index in [0.717, 1.165) is 22.3 Å². The number of benzene rings is 2. The molecule has 0 unspecified atom stereocenters. The molecule has 0 spiro atoms. The number of esters is 1. The zero-order valence-corrected chi connectivity index (χ0v) is 11.8. The van der Waals surface area contributed by atoms with E-state index in [2.05, 4.69) is 4.98 Å². The fraction of sp³-hybridized carbons (Fsp3) is 0.125. The number of hydrogen-bond donors (Lipinski definition) is 1. The van der Waals surface area contributed by atoms with Crippen molar-refractivity contribution >= 4 is 22.7 Å². The predicted molar refractivity (Wildman–Crippen MR) is 81.6 cm³/mol. The summed E-state index contributed by atoms with van der Waals surface area (Å²) in [5.41, 5.74) is 10.3. The van der Waals surface area contributed by atoms with Crippen LogP contribution >= 0.6 is 0 Å². The smallest absolute Gasteiger partial charge is 0.340 e. The van der Waals surface area contributed by atoms with Gasteiger partial charge in [-0.25, -0.2) is 9.78 Å². The molecule has 1 heterocycles. The second-order valence-corrected chi connectivity index (χ2v) is 4.82. The van der Waals surface area contributed by atoms with Crippen molar-refractivity contribution in [3.8, 4) is 5.69 Å².